The number of nitrogens with zero attached hydrogens (tertiary/aromatic N) is 1. The van der Waals surface area contributed by atoms with Gasteiger partial charge in [0.15, 0.2) is 5.78 Å². The molecule has 1 aliphatic heterocycles. The van der Waals surface area contributed by atoms with E-state index in [1.807, 2.05) is 4.90 Å². The molecule has 19 heavy (non-hydrogen) atoms. The van der Waals surface area contributed by atoms with E-state index >= 15 is 0 Å². The Morgan fingerprint density at radius 2 is 2.26 bits per heavy atom. The van der Waals surface area contributed by atoms with Crippen LogP contribution in [0.4, 0.5) is 8.78 Å². The number of methoxy groups -OCH3 is 1. The van der Waals surface area contributed by atoms with Crippen LogP contribution in [0.25, 0.3) is 0 Å². The van der Waals surface area contributed by atoms with Crippen molar-refractivity contribution in [3.05, 3.63) is 35.4 Å². The molecule has 1 heterocycles. The highest BCUT2D eigenvalue weighted by Crippen LogP contribution is 2.18. The summed E-state index contributed by atoms with van der Waals surface area (Å²) >= 11 is 0. The maximum absolute atomic E-state index is 13.5. The molecule has 0 bridgehead atoms. The summed E-state index contributed by atoms with van der Waals surface area (Å²) in [4.78, 5) is 13.9. The van der Waals surface area contributed by atoms with Crippen LogP contribution in [0.1, 0.15) is 16.8 Å². The topological polar surface area (TPSA) is 29.5 Å². The van der Waals surface area contributed by atoms with Crippen LogP contribution < -0.4 is 0 Å². The Balaban J connectivity index is 1.96. The number of benzene rings is 1. The monoisotopic (exact) mass is 269 g/mol. The van der Waals surface area contributed by atoms with Gasteiger partial charge >= 0.3 is 0 Å². The van der Waals surface area contributed by atoms with E-state index in [4.69, 9.17) is 4.74 Å². The van der Waals surface area contributed by atoms with Crippen LogP contribution in [0.15, 0.2) is 18.2 Å². The van der Waals surface area contributed by atoms with E-state index in [-0.39, 0.29) is 17.9 Å². The Hall–Kier alpha value is -1.33. The first-order valence-corrected chi connectivity index (χ1v) is 6.29. The summed E-state index contributed by atoms with van der Waals surface area (Å²) < 4.78 is 31.6. The predicted molar refractivity (Wildman–Crippen MR) is 67.1 cm³/mol. The third kappa shape index (κ3) is 3.58. The highest BCUT2D eigenvalue weighted by atomic mass is 19.1. The first-order chi connectivity index (χ1) is 9.10. The average molecular weight is 269 g/mol. The number of ketones is 1. The minimum absolute atomic E-state index is 0.126. The molecule has 0 spiro atoms. The van der Waals surface area contributed by atoms with Gasteiger partial charge in [0.05, 0.1) is 18.7 Å². The van der Waals surface area contributed by atoms with Gasteiger partial charge in [0, 0.05) is 13.7 Å². The van der Waals surface area contributed by atoms with Crippen molar-refractivity contribution in [2.75, 3.05) is 33.4 Å². The fourth-order valence-corrected chi connectivity index (χ4v) is 2.43. The van der Waals surface area contributed by atoms with Gasteiger partial charge in [-0.25, -0.2) is 8.78 Å². The Labute approximate surface area is 111 Å². The molecular formula is C14H17F2NO2. The van der Waals surface area contributed by atoms with Crippen molar-refractivity contribution < 1.29 is 18.3 Å². The Bertz CT molecular complexity index is 465. The van der Waals surface area contributed by atoms with E-state index in [1.54, 1.807) is 7.11 Å². The lowest BCUT2D eigenvalue weighted by molar-refractivity contribution is 0.0932. The molecule has 1 unspecified atom stereocenters. The maximum atomic E-state index is 13.5. The summed E-state index contributed by atoms with van der Waals surface area (Å²) in [6, 6.07) is 2.96. The van der Waals surface area contributed by atoms with Crippen molar-refractivity contribution in [1.29, 1.82) is 0 Å². The molecule has 5 heteroatoms. The van der Waals surface area contributed by atoms with Gasteiger partial charge in [0.2, 0.25) is 0 Å². The summed E-state index contributed by atoms with van der Waals surface area (Å²) in [6.45, 7) is 2.34. The first-order valence-electron chi connectivity index (χ1n) is 6.29. The minimum Gasteiger partial charge on any atom is -0.384 e. The third-order valence-electron chi connectivity index (χ3n) is 3.37. The second kappa shape index (κ2) is 6.21. The Morgan fingerprint density at radius 1 is 1.47 bits per heavy atom. The van der Waals surface area contributed by atoms with Gasteiger partial charge in [-0.3, -0.25) is 9.69 Å². The second-order valence-electron chi connectivity index (χ2n) is 4.89. The van der Waals surface area contributed by atoms with Crippen LogP contribution >= 0.6 is 0 Å². The molecule has 0 saturated carbocycles. The van der Waals surface area contributed by atoms with Crippen LogP contribution in [0.3, 0.4) is 0 Å². The molecule has 0 amide bonds. The zero-order chi connectivity index (χ0) is 13.8. The van der Waals surface area contributed by atoms with Crippen molar-refractivity contribution >= 4 is 5.78 Å². The zero-order valence-corrected chi connectivity index (χ0v) is 10.9. The highest BCUT2D eigenvalue weighted by Gasteiger charge is 2.25. The van der Waals surface area contributed by atoms with E-state index in [9.17, 15) is 13.6 Å². The molecule has 1 saturated heterocycles. The molecule has 0 N–H and O–H groups in total. The SMILES string of the molecule is COCC1CCN(CC(=O)c2cc(F)ccc2F)C1. The molecule has 1 aromatic rings. The molecular weight excluding hydrogens is 252 g/mol. The summed E-state index contributed by atoms with van der Waals surface area (Å²) in [6.07, 6.45) is 0.965. The number of likely N-dealkylation sites (tertiary alicyclic amines) is 1. The number of Topliss-reactive ketones (excluding diaryl/α,β-unsaturated/α-hetero) is 1. The van der Waals surface area contributed by atoms with Crippen molar-refractivity contribution in [1.82, 2.24) is 4.90 Å². The molecule has 1 aliphatic rings. The van der Waals surface area contributed by atoms with E-state index in [1.165, 1.54) is 0 Å². The second-order valence-corrected chi connectivity index (χ2v) is 4.89. The lowest BCUT2D eigenvalue weighted by Gasteiger charge is -2.15. The first kappa shape index (κ1) is 14.1. The van der Waals surface area contributed by atoms with E-state index in [2.05, 4.69) is 0 Å². The van der Waals surface area contributed by atoms with Gasteiger partial charge < -0.3 is 4.74 Å². The Kier molecular flexibility index (Phi) is 4.61. The highest BCUT2D eigenvalue weighted by molar-refractivity contribution is 5.97. The van der Waals surface area contributed by atoms with Gasteiger partial charge in [0.25, 0.3) is 0 Å². The molecule has 104 valence electrons. The summed E-state index contributed by atoms with van der Waals surface area (Å²) in [5.41, 5.74) is -0.171. The fourth-order valence-electron chi connectivity index (χ4n) is 2.43. The lowest BCUT2D eigenvalue weighted by Crippen LogP contribution is -2.29. The van der Waals surface area contributed by atoms with Gasteiger partial charge in [-0.15, -0.1) is 0 Å². The lowest BCUT2D eigenvalue weighted by atomic mass is 10.1. The summed E-state index contributed by atoms with van der Waals surface area (Å²) in [5, 5.41) is 0. The standard InChI is InChI=1S/C14H17F2NO2/c1-19-9-10-4-5-17(7-10)8-14(18)12-6-11(15)2-3-13(12)16/h2-3,6,10H,4-5,7-9H2,1H3. The molecule has 0 radical (unpaired) electrons. The van der Waals surface area contributed by atoms with Crippen molar-refractivity contribution in [2.45, 2.75) is 6.42 Å². The van der Waals surface area contributed by atoms with Crippen LogP contribution in [0, 0.1) is 17.6 Å². The van der Waals surface area contributed by atoms with Crippen molar-refractivity contribution in [3.8, 4) is 0 Å². The molecule has 0 aromatic heterocycles. The number of carbonyl (C=O) groups excluding carboxylic acids is 1. The van der Waals surface area contributed by atoms with Crippen LogP contribution in [-0.2, 0) is 4.74 Å². The quantitative estimate of drug-likeness (QED) is 0.767. The van der Waals surface area contributed by atoms with Crippen LogP contribution in [-0.4, -0.2) is 44.0 Å². The molecule has 1 fully saturated rings. The molecule has 1 atom stereocenters. The van der Waals surface area contributed by atoms with Crippen molar-refractivity contribution in [3.63, 3.8) is 0 Å². The predicted octanol–water partition coefficient (Wildman–Crippen LogP) is 2.12. The van der Waals surface area contributed by atoms with Crippen molar-refractivity contribution in [2.24, 2.45) is 5.92 Å². The number of hydrogen-bond acceptors (Lipinski definition) is 3. The smallest absolute Gasteiger partial charge is 0.179 e. The summed E-state index contributed by atoms with van der Waals surface area (Å²) in [7, 11) is 1.65. The van der Waals surface area contributed by atoms with Gasteiger partial charge in [-0.2, -0.15) is 0 Å². The number of carbonyl (C=O) groups is 1. The van der Waals surface area contributed by atoms with E-state index < -0.39 is 11.6 Å². The number of rotatable bonds is 5. The molecule has 2 rings (SSSR count). The minimum atomic E-state index is -0.668. The van der Waals surface area contributed by atoms with E-state index in [0.717, 1.165) is 37.7 Å². The molecule has 1 aromatic carbocycles. The number of ether oxygens (including phenoxy) is 1. The number of hydrogen-bond donors (Lipinski definition) is 0. The molecule has 0 aliphatic carbocycles. The third-order valence-corrected chi connectivity index (χ3v) is 3.37. The Morgan fingerprint density at radius 3 is 3.00 bits per heavy atom. The van der Waals surface area contributed by atoms with Crippen LogP contribution in [0.5, 0.6) is 0 Å². The fraction of sp³-hybridized carbons (Fsp3) is 0.500. The summed E-state index contributed by atoms with van der Waals surface area (Å²) in [5.74, 6) is -1.23. The van der Waals surface area contributed by atoms with E-state index in [0.29, 0.717) is 12.5 Å². The average Bonchev–Trinajstić information content (AvgIpc) is 2.80. The maximum Gasteiger partial charge on any atom is 0.179 e. The zero-order valence-electron chi connectivity index (χ0n) is 10.9. The number of halogens is 2. The van der Waals surface area contributed by atoms with Gasteiger partial charge in [0.1, 0.15) is 11.6 Å². The van der Waals surface area contributed by atoms with Crippen LogP contribution in [0.2, 0.25) is 0 Å². The normalized spacial score (nSPS) is 19.8. The largest absolute Gasteiger partial charge is 0.384 e. The molecule has 3 nitrogen and oxygen atoms in total. The van der Waals surface area contributed by atoms with Gasteiger partial charge in [-0.1, -0.05) is 0 Å². The van der Waals surface area contributed by atoms with Gasteiger partial charge in [-0.05, 0) is 37.1 Å².